The standard InChI is InChI=1S/C20H23NO2/c1-2-15-7-5-10-17(13-15)23-14-20(22)21-19-12-6-9-16-8-3-4-11-18(16)19/h3-5,7-8,10-11,13,19H,2,6,9,12,14H2,1H3,(H,21,22)/t19-/m1/s1. The lowest BCUT2D eigenvalue weighted by molar-refractivity contribution is -0.123. The van der Waals surface area contributed by atoms with Gasteiger partial charge in [0.2, 0.25) is 0 Å². The van der Waals surface area contributed by atoms with Crippen molar-refractivity contribution < 1.29 is 9.53 Å². The first-order chi connectivity index (χ1) is 11.3. The van der Waals surface area contributed by atoms with Crippen molar-refractivity contribution in [3.05, 3.63) is 65.2 Å². The number of hydrogen-bond donors (Lipinski definition) is 1. The van der Waals surface area contributed by atoms with Crippen LogP contribution in [0.3, 0.4) is 0 Å². The third kappa shape index (κ3) is 3.92. The highest BCUT2D eigenvalue weighted by atomic mass is 16.5. The highest BCUT2D eigenvalue weighted by Gasteiger charge is 2.21. The van der Waals surface area contributed by atoms with E-state index in [9.17, 15) is 4.79 Å². The summed E-state index contributed by atoms with van der Waals surface area (Å²) in [5, 5.41) is 3.11. The Labute approximate surface area is 137 Å². The quantitative estimate of drug-likeness (QED) is 0.912. The SMILES string of the molecule is CCc1cccc(OCC(=O)N[C@@H]2CCCc3ccccc32)c1. The molecule has 0 saturated heterocycles. The number of rotatable bonds is 5. The largest absolute Gasteiger partial charge is 0.484 e. The van der Waals surface area contributed by atoms with Crippen LogP contribution in [0, 0.1) is 0 Å². The summed E-state index contributed by atoms with van der Waals surface area (Å²) in [7, 11) is 0. The van der Waals surface area contributed by atoms with Gasteiger partial charge in [-0.25, -0.2) is 0 Å². The highest BCUT2D eigenvalue weighted by molar-refractivity contribution is 5.78. The average molecular weight is 309 g/mol. The molecule has 120 valence electrons. The molecule has 0 spiro atoms. The first kappa shape index (κ1) is 15.6. The molecule has 0 saturated carbocycles. The fourth-order valence-electron chi connectivity index (χ4n) is 3.14. The predicted molar refractivity (Wildman–Crippen MR) is 91.6 cm³/mol. The van der Waals surface area contributed by atoms with Gasteiger partial charge in [0, 0.05) is 0 Å². The van der Waals surface area contributed by atoms with Crippen LogP contribution < -0.4 is 10.1 Å². The molecule has 3 rings (SSSR count). The molecule has 2 aromatic rings. The summed E-state index contributed by atoms with van der Waals surface area (Å²) in [6, 6.07) is 16.4. The van der Waals surface area contributed by atoms with Crippen LogP contribution in [0.25, 0.3) is 0 Å². The van der Waals surface area contributed by atoms with Crippen molar-refractivity contribution in [2.75, 3.05) is 6.61 Å². The molecule has 0 fully saturated rings. The summed E-state index contributed by atoms with van der Waals surface area (Å²) in [4.78, 5) is 12.2. The molecule has 1 aliphatic rings. The number of carbonyl (C=O) groups excluding carboxylic acids is 1. The van der Waals surface area contributed by atoms with Gasteiger partial charge in [-0.2, -0.15) is 0 Å². The molecule has 3 nitrogen and oxygen atoms in total. The van der Waals surface area contributed by atoms with Gasteiger partial charge in [-0.3, -0.25) is 4.79 Å². The number of carbonyl (C=O) groups is 1. The van der Waals surface area contributed by atoms with E-state index in [-0.39, 0.29) is 18.6 Å². The zero-order valence-corrected chi connectivity index (χ0v) is 13.5. The molecule has 0 aliphatic heterocycles. The van der Waals surface area contributed by atoms with E-state index < -0.39 is 0 Å². The molecule has 0 bridgehead atoms. The minimum Gasteiger partial charge on any atom is -0.484 e. The summed E-state index contributed by atoms with van der Waals surface area (Å²) in [5.41, 5.74) is 3.81. The third-order valence-corrected chi connectivity index (χ3v) is 4.38. The lowest BCUT2D eigenvalue weighted by Crippen LogP contribution is -2.34. The van der Waals surface area contributed by atoms with Crippen LogP contribution in [-0.4, -0.2) is 12.5 Å². The maximum atomic E-state index is 12.2. The van der Waals surface area contributed by atoms with Crippen molar-refractivity contribution in [3.63, 3.8) is 0 Å². The van der Waals surface area contributed by atoms with Crippen LogP contribution in [0.1, 0.15) is 42.5 Å². The number of amides is 1. The van der Waals surface area contributed by atoms with Gasteiger partial charge in [0.1, 0.15) is 5.75 Å². The Hall–Kier alpha value is -2.29. The zero-order chi connectivity index (χ0) is 16.1. The Balaban J connectivity index is 1.58. The minimum atomic E-state index is -0.0615. The lowest BCUT2D eigenvalue weighted by Gasteiger charge is -2.26. The van der Waals surface area contributed by atoms with Gasteiger partial charge in [-0.1, -0.05) is 43.3 Å². The molecule has 1 aliphatic carbocycles. The third-order valence-electron chi connectivity index (χ3n) is 4.38. The van der Waals surface area contributed by atoms with E-state index in [1.807, 2.05) is 24.3 Å². The first-order valence-corrected chi connectivity index (χ1v) is 8.35. The lowest BCUT2D eigenvalue weighted by atomic mass is 9.88. The van der Waals surface area contributed by atoms with Crippen LogP contribution in [0.15, 0.2) is 48.5 Å². The monoisotopic (exact) mass is 309 g/mol. The fraction of sp³-hybridized carbons (Fsp3) is 0.350. The van der Waals surface area contributed by atoms with Crippen molar-refractivity contribution in [1.82, 2.24) is 5.32 Å². The van der Waals surface area contributed by atoms with Crippen molar-refractivity contribution in [3.8, 4) is 5.75 Å². The highest BCUT2D eigenvalue weighted by Crippen LogP contribution is 2.29. The topological polar surface area (TPSA) is 38.3 Å². The number of aryl methyl sites for hydroxylation is 2. The Morgan fingerprint density at radius 2 is 2.09 bits per heavy atom. The normalized spacial score (nSPS) is 16.5. The summed E-state index contributed by atoms with van der Waals surface area (Å²) in [6.07, 6.45) is 4.17. The molecular formula is C20H23NO2. The van der Waals surface area contributed by atoms with Gasteiger partial charge in [-0.15, -0.1) is 0 Å². The second-order valence-electron chi connectivity index (χ2n) is 6.00. The molecule has 0 aromatic heterocycles. The van der Waals surface area contributed by atoms with Crippen LogP contribution in [0.2, 0.25) is 0 Å². The minimum absolute atomic E-state index is 0.0613. The van der Waals surface area contributed by atoms with Gasteiger partial charge in [0.05, 0.1) is 6.04 Å². The number of ether oxygens (including phenoxy) is 1. The van der Waals surface area contributed by atoms with Gasteiger partial charge in [0.15, 0.2) is 6.61 Å². The molecule has 0 unspecified atom stereocenters. The van der Waals surface area contributed by atoms with Crippen molar-refractivity contribution in [2.24, 2.45) is 0 Å². The number of hydrogen-bond acceptors (Lipinski definition) is 2. The fourth-order valence-corrected chi connectivity index (χ4v) is 3.14. The summed E-state index contributed by atoms with van der Waals surface area (Å²) >= 11 is 0. The molecule has 2 aromatic carbocycles. The Kier molecular flexibility index (Phi) is 4.96. The molecule has 0 radical (unpaired) electrons. The van der Waals surface area contributed by atoms with E-state index in [1.165, 1.54) is 16.7 Å². The maximum absolute atomic E-state index is 12.2. The van der Waals surface area contributed by atoms with Crippen LogP contribution in [-0.2, 0) is 17.6 Å². The average Bonchev–Trinajstić information content (AvgIpc) is 2.60. The molecule has 23 heavy (non-hydrogen) atoms. The Morgan fingerprint density at radius 1 is 1.22 bits per heavy atom. The van der Waals surface area contributed by atoms with E-state index in [0.29, 0.717) is 0 Å². The number of benzene rings is 2. The molecule has 0 heterocycles. The van der Waals surface area contributed by atoms with E-state index >= 15 is 0 Å². The van der Waals surface area contributed by atoms with Crippen LogP contribution in [0.4, 0.5) is 0 Å². The smallest absolute Gasteiger partial charge is 0.258 e. The van der Waals surface area contributed by atoms with E-state index in [2.05, 4.69) is 36.5 Å². The molecule has 1 amide bonds. The van der Waals surface area contributed by atoms with E-state index in [4.69, 9.17) is 4.74 Å². The number of fused-ring (bicyclic) bond motifs is 1. The second kappa shape index (κ2) is 7.32. The van der Waals surface area contributed by atoms with Gasteiger partial charge in [0.25, 0.3) is 5.91 Å². The zero-order valence-electron chi connectivity index (χ0n) is 13.5. The molecule has 3 heteroatoms. The Bertz CT molecular complexity index is 681. The van der Waals surface area contributed by atoms with E-state index in [1.54, 1.807) is 0 Å². The van der Waals surface area contributed by atoms with Gasteiger partial charge in [-0.05, 0) is 54.5 Å². The van der Waals surface area contributed by atoms with Crippen LogP contribution in [0.5, 0.6) is 5.75 Å². The summed E-state index contributed by atoms with van der Waals surface area (Å²) < 4.78 is 5.63. The Morgan fingerprint density at radius 3 is 2.96 bits per heavy atom. The molecular weight excluding hydrogens is 286 g/mol. The molecule has 1 atom stereocenters. The summed E-state index contributed by atoms with van der Waals surface area (Å²) in [6.45, 7) is 2.16. The number of nitrogens with one attached hydrogen (secondary N) is 1. The van der Waals surface area contributed by atoms with Crippen molar-refractivity contribution in [2.45, 2.75) is 38.6 Å². The first-order valence-electron chi connectivity index (χ1n) is 8.35. The van der Waals surface area contributed by atoms with Gasteiger partial charge < -0.3 is 10.1 Å². The maximum Gasteiger partial charge on any atom is 0.258 e. The van der Waals surface area contributed by atoms with Gasteiger partial charge >= 0.3 is 0 Å². The molecule has 1 N–H and O–H groups in total. The van der Waals surface area contributed by atoms with Crippen molar-refractivity contribution >= 4 is 5.91 Å². The summed E-state index contributed by atoms with van der Waals surface area (Å²) in [5.74, 6) is 0.692. The van der Waals surface area contributed by atoms with Crippen LogP contribution >= 0.6 is 0 Å². The van der Waals surface area contributed by atoms with E-state index in [0.717, 1.165) is 31.4 Å². The second-order valence-corrected chi connectivity index (χ2v) is 6.00. The predicted octanol–water partition coefficient (Wildman–Crippen LogP) is 3.82. The van der Waals surface area contributed by atoms with Crippen molar-refractivity contribution in [1.29, 1.82) is 0 Å².